The molecule has 2 aromatic carbocycles. The van der Waals surface area contributed by atoms with Gasteiger partial charge in [-0.2, -0.15) is 0 Å². The second-order valence-corrected chi connectivity index (χ2v) is 6.32. The van der Waals surface area contributed by atoms with E-state index >= 15 is 0 Å². The molecule has 5 heteroatoms. The molecular formula is C20H22N2O3. The summed E-state index contributed by atoms with van der Waals surface area (Å²) in [6.07, 6.45) is 0.840. The summed E-state index contributed by atoms with van der Waals surface area (Å²) in [7, 11) is 0. The van der Waals surface area contributed by atoms with Crippen molar-refractivity contribution in [2.45, 2.75) is 26.3 Å². The molecule has 5 nitrogen and oxygen atoms in total. The largest absolute Gasteiger partial charge is 0.484 e. The van der Waals surface area contributed by atoms with E-state index < -0.39 is 0 Å². The number of ether oxygens (including phenoxy) is 1. The second kappa shape index (κ2) is 7.38. The molecule has 2 aromatic rings. The highest BCUT2D eigenvalue weighted by Crippen LogP contribution is 2.31. The smallest absolute Gasteiger partial charge is 0.258 e. The Balaban J connectivity index is 1.50. The Labute approximate surface area is 147 Å². The zero-order valence-corrected chi connectivity index (χ0v) is 14.5. The Morgan fingerprint density at radius 1 is 1.16 bits per heavy atom. The van der Waals surface area contributed by atoms with Crippen LogP contribution >= 0.6 is 0 Å². The highest BCUT2D eigenvalue weighted by atomic mass is 16.5. The first-order chi connectivity index (χ1) is 12.0. The third-order valence-electron chi connectivity index (χ3n) is 4.30. The molecule has 0 spiro atoms. The van der Waals surface area contributed by atoms with Gasteiger partial charge in [-0.15, -0.1) is 0 Å². The fourth-order valence-corrected chi connectivity index (χ4v) is 3.04. The van der Waals surface area contributed by atoms with Gasteiger partial charge in [0.15, 0.2) is 6.61 Å². The maximum absolute atomic E-state index is 12.5. The number of carbonyl (C=O) groups excluding carboxylic acids is 2. The molecule has 0 saturated carbocycles. The van der Waals surface area contributed by atoms with Crippen LogP contribution in [-0.4, -0.2) is 31.0 Å². The van der Waals surface area contributed by atoms with Crippen LogP contribution in [0.25, 0.3) is 0 Å². The van der Waals surface area contributed by atoms with Crippen molar-refractivity contribution < 1.29 is 14.3 Å². The Kier molecular flexibility index (Phi) is 5.03. The molecule has 1 heterocycles. The molecule has 130 valence electrons. The number of amides is 2. The number of carbonyl (C=O) groups is 2. The minimum Gasteiger partial charge on any atom is -0.484 e. The van der Waals surface area contributed by atoms with Gasteiger partial charge in [0.05, 0.1) is 6.54 Å². The van der Waals surface area contributed by atoms with Crippen LogP contribution in [0.15, 0.2) is 48.5 Å². The molecule has 0 aliphatic carbocycles. The molecular weight excluding hydrogens is 316 g/mol. The third-order valence-corrected chi connectivity index (χ3v) is 4.30. The summed E-state index contributed by atoms with van der Waals surface area (Å²) in [6.45, 7) is 3.86. The standard InChI is InChI=1S/C20H22N2O3/c1-14-7-9-17(10-8-14)25-13-19(23)21-12-20(24)22-15(2)11-16-5-3-4-6-18(16)22/h3-10,15H,11-13H2,1-2H3,(H,21,23). The summed E-state index contributed by atoms with van der Waals surface area (Å²) in [5.41, 5.74) is 3.23. The van der Waals surface area contributed by atoms with E-state index in [1.807, 2.05) is 62.4 Å². The molecule has 25 heavy (non-hydrogen) atoms. The lowest BCUT2D eigenvalue weighted by Gasteiger charge is -2.22. The topological polar surface area (TPSA) is 58.6 Å². The van der Waals surface area contributed by atoms with Gasteiger partial charge in [0, 0.05) is 11.7 Å². The number of hydrogen-bond donors (Lipinski definition) is 1. The summed E-state index contributed by atoms with van der Waals surface area (Å²) in [4.78, 5) is 26.2. The maximum Gasteiger partial charge on any atom is 0.258 e. The summed E-state index contributed by atoms with van der Waals surface area (Å²) in [5, 5.41) is 2.64. The van der Waals surface area contributed by atoms with Gasteiger partial charge in [-0.3, -0.25) is 9.59 Å². The number of nitrogens with one attached hydrogen (secondary N) is 1. The van der Waals surface area contributed by atoms with Crippen LogP contribution in [0.4, 0.5) is 5.69 Å². The molecule has 1 atom stereocenters. The van der Waals surface area contributed by atoms with Crippen molar-refractivity contribution in [3.05, 3.63) is 59.7 Å². The molecule has 0 saturated heterocycles. The van der Waals surface area contributed by atoms with Crippen molar-refractivity contribution in [1.29, 1.82) is 0 Å². The molecule has 0 fully saturated rings. The van der Waals surface area contributed by atoms with Gasteiger partial charge in [-0.1, -0.05) is 35.9 Å². The zero-order valence-electron chi connectivity index (χ0n) is 14.5. The van der Waals surface area contributed by atoms with Gasteiger partial charge < -0.3 is 15.0 Å². The summed E-state index contributed by atoms with van der Waals surface area (Å²) < 4.78 is 5.42. The average Bonchev–Trinajstić information content (AvgIpc) is 2.95. The minimum atomic E-state index is -0.311. The van der Waals surface area contributed by atoms with E-state index in [0.717, 1.165) is 23.2 Å². The van der Waals surface area contributed by atoms with Crippen molar-refractivity contribution in [3.8, 4) is 5.75 Å². The molecule has 0 aromatic heterocycles. The van der Waals surface area contributed by atoms with E-state index in [9.17, 15) is 9.59 Å². The lowest BCUT2D eigenvalue weighted by molar-refractivity contribution is -0.126. The van der Waals surface area contributed by atoms with Gasteiger partial charge in [-0.05, 0) is 44.0 Å². The molecule has 1 unspecified atom stereocenters. The van der Waals surface area contributed by atoms with Gasteiger partial charge in [0.25, 0.3) is 5.91 Å². The van der Waals surface area contributed by atoms with E-state index in [1.165, 1.54) is 0 Å². The molecule has 1 N–H and O–H groups in total. The Bertz CT molecular complexity index is 771. The van der Waals surface area contributed by atoms with Crippen molar-refractivity contribution >= 4 is 17.5 Å². The number of aryl methyl sites for hydroxylation is 1. The monoisotopic (exact) mass is 338 g/mol. The number of para-hydroxylation sites is 1. The van der Waals surface area contributed by atoms with Crippen molar-refractivity contribution in [2.75, 3.05) is 18.1 Å². The van der Waals surface area contributed by atoms with E-state index in [4.69, 9.17) is 4.74 Å². The van der Waals surface area contributed by atoms with E-state index in [-0.39, 0.29) is 31.0 Å². The second-order valence-electron chi connectivity index (χ2n) is 6.32. The van der Waals surface area contributed by atoms with Gasteiger partial charge in [-0.25, -0.2) is 0 Å². The number of benzene rings is 2. The fourth-order valence-electron chi connectivity index (χ4n) is 3.04. The molecule has 3 rings (SSSR count). The van der Waals surface area contributed by atoms with Crippen molar-refractivity contribution in [2.24, 2.45) is 0 Å². The molecule has 1 aliphatic rings. The van der Waals surface area contributed by atoms with Gasteiger partial charge >= 0.3 is 0 Å². The fraction of sp³-hybridized carbons (Fsp3) is 0.300. The maximum atomic E-state index is 12.5. The van der Waals surface area contributed by atoms with E-state index in [2.05, 4.69) is 5.32 Å². The SMILES string of the molecule is Cc1ccc(OCC(=O)NCC(=O)N2c3ccccc3CC2C)cc1. The molecule has 0 bridgehead atoms. The van der Waals surface area contributed by atoms with E-state index in [0.29, 0.717) is 5.75 Å². The predicted octanol–water partition coefficient (Wildman–Crippen LogP) is 2.47. The first-order valence-electron chi connectivity index (χ1n) is 8.40. The summed E-state index contributed by atoms with van der Waals surface area (Å²) in [6, 6.07) is 15.4. The van der Waals surface area contributed by atoms with E-state index in [1.54, 1.807) is 4.90 Å². The summed E-state index contributed by atoms with van der Waals surface area (Å²) in [5.74, 6) is 0.212. The zero-order chi connectivity index (χ0) is 17.8. The highest BCUT2D eigenvalue weighted by Gasteiger charge is 2.30. The number of hydrogen-bond acceptors (Lipinski definition) is 3. The highest BCUT2D eigenvalue weighted by molar-refractivity contribution is 5.99. The molecule has 0 radical (unpaired) electrons. The van der Waals surface area contributed by atoms with Crippen LogP contribution < -0.4 is 15.0 Å². The van der Waals surface area contributed by atoms with Crippen molar-refractivity contribution in [1.82, 2.24) is 5.32 Å². The van der Waals surface area contributed by atoms with Crippen LogP contribution in [0.5, 0.6) is 5.75 Å². The quantitative estimate of drug-likeness (QED) is 0.911. The van der Waals surface area contributed by atoms with Crippen LogP contribution in [0.2, 0.25) is 0 Å². The first kappa shape index (κ1) is 17.0. The van der Waals surface area contributed by atoms with Gasteiger partial charge in [0.1, 0.15) is 5.75 Å². The van der Waals surface area contributed by atoms with Gasteiger partial charge in [0.2, 0.25) is 5.91 Å². The number of rotatable bonds is 5. The van der Waals surface area contributed by atoms with Crippen LogP contribution in [0.1, 0.15) is 18.1 Å². The third kappa shape index (κ3) is 3.99. The number of nitrogens with zero attached hydrogens (tertiary/aromatic N) is 1. The van der Waals surface area contributed by atoms with Crippen LogP contribution in [0, 0.1) is 6.92 Å². The molecule has 2 amide bonds. The van der Waals surface area contributed by atoms with Crippen LogP contribution in [0.3, 0.4) is 0 Å². The lowest BCUT2D eigenvalue weighted by Crippen LogP contribution is -2.44. The van der Waals surface area contributed by atoms with Crippen LogP contribution in [-0.2, 0) is 16.0 Å². The summed E-state index contributed by atoms with van der Waals surface area (Å²) >= 11 is 0. The average molecular weight is 338 g/mol. The number of fused-ring (bicyclic) bond motifs is 1. The Morgan fingerprint density at radius 2 is 1.88 bits per heavy atom. The number of anilines is 1. The predicted molar refractivity (Wildman–Crippen MR) is 96.8 cm³/mol. The minimum absolute atomic E-state index is 0.0330. The normalized spacial score (nSPS) is 15.6. The Morgan fingerprint density at radius 3 is 2.64 bits per heavy atom. The van der Waals surface area contributed by atoms with Crippen molar-refractivity contribution in [3.63, 3.8) is 0 Å². The first-order valence-corrected chi connectivity index (χ1v) is 8.40. The molecule has 1 aliphatic heterocycles. The lowest BCUT2D eigenvalue weighted by atomic mass is 10.1. The Hall–Kier alpha value is -2.82.